The van der Waals surface area contributed by atoms with Crippen molar-refractivity contribution < 1.29 is 25.0 Å². The summed E-state index contributed by atoms with van der Waals surface area (Å²) in [5.74, 6) is -2.45. The first-order valence-electron chi connectivity index (χ1n) is 4.38. The quantitative estimate of drug-likeness (QED) is 0.543. The summed E-state index contributed by atoms with van der Waals surface area (Å²) in [4.78, 5) is 21.2. The first-order valence-corrected chi connectivity index (χ1v) is 4.38. The molecule has 0 heterocycles. The number of rotatable bonds is 6. The first-order chi connectivity index (χ1) is 6.45. The van der Waals surface area contributed by atoms with Crippen molar-refractivity contribution in [3.63, 3.8) is 0 Å². The number of hydrogen-bond acceptors (Lipinski definition) is 4. The van der Waals surface area contributed by atoms with Crippen molar-refractivity contribution in [2.75, 3.05) is 0 Å². The van der Waals surface area contributed by atoms with Gasteiger partial charge in [-0.05, 0) is 12.8 Å². The molecule has 0 saturated heterocycles. The molecular formula is C8H15NO5. The van der Waals surface area contributed by atoms with E-state index in [-0.39, 0.29) is 12.8 Å². The molecule has 0 aromatic carbocycles. The number of hydroxylamine groups is 2. The first kappa shape index (κ1) is 12.9. The van der Waals surface area contributed by atoms with Gasteiger partial charge in [0.05, 0.1) is 0 Å². The summed E-state index contributed by atoms with van der Waals surface area (Å²) < 4.78 is 0. The summed E-state index contributed by atoms with van der Waals surface area (Å²) in [5, 5.41) is 27.1. The van der Waals surface area contributed by atoms with Crippen molar-refractivity contribution in [1.82, 2.24) is 5.06 Å². The van der Waals surface area contributed by atoms with Gasteiger partial charge in [0.2, 0.25) is 0 Å². The van der Waals surface area contributed by atoms with Gasteiger partial charge in [-0.2, -0.15) is 5.06 Å². The minimum Gasteiger partial charge on any atom is -0.480 e. The number of carboxylic acids is 2. The molecule has 0 aliphatic heterocycles. The monoisotopic (exact) mass is 205 g/mol. The Labute approximate surface area is 81.7 Å². The fourth-order valence-corrected chi connectivity index (χ4v) is 1.17. The lowest BCUT2D eigenvalue weighted by Crippen LogP contribution is -2.48. The summed E-state index contributed by atoms with van der Waals surface area (Å²) in [7, 11) is 0. The number of aliphatic carboxylic acids is 2. The Bertz CT molecular complexity index is 196. The lowest BCUT2D eigenvalue weighted by Gasteiger charge is -2.26. The highest BCUT2D eigenvalue weighted by Gasteiger charge is 2.32. The normalized spacial score (nSPS) is 15.1. The van der Waals surface area contributed by atoms with Crippen LogP contribution >= 0.6 is 0 Å². The summed E-state index contributed by atoms with van der Waals surface area (Å²) in [6.07, 6.45) is 0.297. The van der Waals surface area contributed by atoms with Gasteiger partial charge in [-0.25, -0.2) is 0 Å². The van der Waals surface area contributed by atoms with E-state index in [1.807, 2.05) is 0 Å². The largest absolute Gasteiger partial charge is 0.480 e. The van der Waals surface area contributed by atoms with E-state index in [1.165, 1.54) is 0 Å². The minimum atomic E-state index is -1.23. The lowest BCUT2D eigenvalue weighted by molar-refractivity contribution is -0.194. The molecule has 2 atom stereocenters. The highest BCUT2D eigenvalue weighted by Crippen LogP contribution is 2.09. The van der Waals surface area contributed by atoms with Crippen molar-refractivity contribution >= 4 is 11.9 Å². The van der Waals surface area contributed by atoms with Gasteiger partial charge in [-0.3, -0.25) is 9.59 Å². The zero-order chi connectivity index (χ0) is 11.3. The number of carbonyl (C=O) groups is 2. The zero-order valence-electron chi connectivity index (χ0n) is 8.17. The van der Waals surface area contributed by atoms with Crippen LogP contribution in [0, 0.1) is 0 Å². The Morgan fingerprint density at radius 1 is 1.07 bits per heavy atom. The van der Waals surface area contributed by atoms with Gasteiger partial charge in [-0.15, -0.1) is 0 Å². The van der Waals surface area contributed by atoms with Crippen molar-refractivity contribution in [2.45, 2.75) is 38.8 Å². The van der Waals surface area contributed by atoms with Crippen LogP contribution in [0.5, 0.6) is 0 Å². The van der Waals surface area contributed by atoms with Crippen molar-refractivity contribution in [1.29, 1.82) is 0 Å². The Morgan fingerprint density at radius 3 is 1.50 bits per heavy atom. The van der Waals surface area contributed by atoms with Crippen LogP contribution in [0.1, 0.15) is 26.7 Å². The second kappa shape index (κ2) is 5.56. The molecular weight excluding hydrogens is 190 g/mol. The third kappa shape index (κ3) is 2.97. The van der Waals surface area contributed by atoms with Crippen molar-refractivity contribution in [3.05, 3.63) is 0 Å². The average Bonchev–Trinajstić information content (AvgIpc) is 2.04. The molecule has 0 aromatic rings. The van der Waals surface area contributed by atoms with Crippen molar-refractivity contribution in [2.24, 2.45) is 0 Å². The second-order valence-electron chi connectivity index (χ2n) is 2.90. The minimum absolute atomic E-state index is 0.148. The molecule has 14 heavy (non-hydrogen) atoms. The van der Waals surface area contributed by atoms with Gasteiger partial charge in [0.1, 0.15) is 12.1 Å². The van der Waals surface area contributed by atoms with Gasteiger partial charge in [-0.1, -0.05) is 13.8 Å². The maximum absolute atomic E-state index is 10.6. The average molecular weight is 205 g/mol. The summed E-state index contributed by atoms with van der Waals surface area (Å²) in [5.41, 5.74) is 0. The molecule has 0 aliphatic rings. The van der Waals surface area contributed by atoms with Gasteiger partial charge < -0.3 is 15.4 Å². The van der Waals surface area contributed by atoms with Gasteiger partial charge >= 0.3 is 11.9 Å². The number of carboxylic acid groups (broad SMARTS) is 2. The molecule has 0 amide bonds. The van der Waals surface area contributed by atoms with Crippen LogP contribution in [0.2, 0.25) is 0 Å². The van der Waals surface area contributed by atoms with Crippen LogP contribution in [-0.2, 0) is 9.59 Å². The number of hydrogen-bond donors (Lipinski definition) is 3. The number of nitrogens with zero attached hydrogens (tertiary/aromatic N) is 1. The molecule has 0 spiro atoms. The Kier molecular flexibility index (Phi) is 5.11. The van der Waals surface area contributed by atoms with Gasteiger partial charge in [0.15, 0.2) is 0 Å². The van der Waals surface area contributed by atoms with E-state index < -0.39 is 24.0 Å². The lowest BCUT2D eigenvalue weighted by atomic mass is 10.1. The molecule has 0 radical (unpaired) electrons. The maximum atomic E-state index is 10.6. The van der Waals surface area contributed by atoms with Crippen LogP contribution in [0.15, 0.2) is 0 Å². The third-order valence-corrected chi connectivity index (χ3v) is 1.98. The molecule has 0 fully saturated rings. The molecule has 0 aliphatic carbocycles. The zero-order valence-corrected chi connectivity index (χ0v) is 8.17. The van der Waals surface area contributed by atoms with Crippen LogP contribution in [0.4, 0.5) is 0 Å². The molecule has 0 aromatic heterocycles. The van der Waals surface area contributed by atoms with E-state index in [9.17, 15) is 14.8 Å². The Hall–Kier alpha value is -1.14. The van der Waals surface area contributed by atoms with Crippen LogP contribution < -0.4 is 0 Å². The molecule has 0 saturated carbocycles. The molecule has 82 valence electrons. The molecule has 0 rings (SSSR count). The smallest absolute Gasteiger partial charge is 0.323 e. The van der Waals surface area contributed by atoms with Crippen LogP contribution in [0.25, 0.3) is 0 Å². The Balaban J connectivity index is 4.61. The molecule has 6 heteroatoms. The predicted molar refractivity (Wildman–Crippen MR) is 47.1 cm³/mol. The standard InChI is InChI=1S/C8H15NO5/c1-3-5(7(10)11)9(14)6(4-2)8(12)13/h5-6,14H,3-4H2,1-2H3,(H,10,11)(H,12,13)/t5-,6+. The molecule has 0 unspecified atom stereocenters. The SMILES string of the molecule is CC[C@H](C(=O)O)N(O)[C@@H](CC)C(=O)O. The third-order valence-electron chi connectivity index (χ3n) is 1.98. The topological polar surface area (TPSA) is 98.1 Å². The molecule has 6 nitrogen and oxygen atoms in total. The van der Waals surface area contributed by atoms with E-state index in [4.69, 9.17) is 10.2 Å². The summed E-state index contributed by atoms with van der Waals surface area (Å²) in [6.45, 7) is 3.13. The van der Waals surface area contributed by atoms with E-state index in [0.29, 0.717) is 5.06 Å². The highest BCUT2D eigenvalue weighted by molar-refractivity contribution is 5.77. The van der Waals surface area contributed by atoms with Crippen LogP contribution in [0.3, 0.4) is 0 Å². The summed E-state index contributed by atoms with van der Waals surface area (Å²) >= 11 is 0. The summed E-state index contributed by atoms with van der Waals surface area (Å²) in [6, 6.07) is -2.34. The van der Waals surface area contributed by atoms with E-state index in [2.05, 4.69) is 0 Å². The van der Waals surface area contributed by atoms with Gasteiger partial charge in [0, 0.05) is 0 Å². The predicted octanol–water partition coefficient (Wildman–Crippen LogP) is 0.404. The molecule has 3 N–H and O–H groups in total. The van der Waals surface area contributed by atoms with E-state index in [1.54, 1.807) is 13.8 Å². The molecule has 0 bridgehead atoms. The van der Waals surface area contributed by atoms with Crippen LogP contribution in [-0.4, -0.2) is 44.5 Å². The van der Waals surface area contributed by atoms with Crippen molar-refractivity contribution in [3.8, 4) is 0 Å². The van der Waals surface area contributed by atoms with Gasteiger partial charge in [0.25, 0.3) is 0 Å². The van der Waals surface area contributed by atoms with E-state index in [0.717, 1.165) is 0 Å². The highest BCUT2D eigenvalue weighted by atomic mass is 16.5. The maximum Gasteiger partial charge on any atom is 0.323 e. The van der Waals surface area contributed by atoms with E-state index >= 15 is 0 Å². The second-order valence-corrected chi connectivity index (χ2v) is 2.90. The fraction of sp³-hybridized carbons (Fsp3) is 0.750. The fourth-order valence-electron chi connectivity index (χ4n) is 1.17. The Morgan fingerprint density at radius 2 is 1.36 bits per heavy atom.